The number of rotatable bonds is 2. The van der Waals surface area contributed by atoms with Crippen molar-refractivity contribution in [3.63, 3.8) is 0 Å². The van der Waals surface area contributed by atoms with E-state index in [9.17, 15) is 0 Å². The fraction of sp³-hybridized carbons (Fsp3) is 0.462. The Hall–Kier alpha value is -0.810. The summed E-state index contributed by atoms with van der Waals surface area (Å²) in [4.78, 5) is 0. The molecule has 0 atom stereocenters. The van der Waals surface area contributed by atoms with Crippen LogP contribution < -0.4 is 0 Å². The zero-order valence-corrected chi connectivity index (χ0v) is 10.4. The average molecular weight is 264 g/mol. The minimum Gasteiger partial charge on any atom is -0.198 e. The van der Waals surface area contributed by atoms with E-state index in [-0.39, 0.29) is 5.41 Å². The predicted molar refractivity (Wildman–Crippen MR) is 64.4 cm³/mol. The molecule has 0 spiro atoms. The molecule has 1 aromatic rings. The maximum atomic E-state index is 8.92. The second-order valence-electron chi connectivity index (χ2n) is 4.64. The Labute approximate surface area is 99.2 Å². The molecule has 1 saturated carbocycles. The smallest absolute Gasteiger partial charge is 0.0631 e. The van der Waals surface area contributed by atoms with Crippen LogP contribution in [0.15, 0.2) is 28.7 Å². The average Bonchev–Trinajstić information content (AvgIpc) is 2.15. The van der Waals surface area contributed by atoms with Crippen LogP contribution in [0.2, 0.25) is 0 Å². The SMILES string of the molecule is CC1CC(CC#N)(c2cccc(Br)c2)C1. The van der Waals surface area contributed by atoms with Crippen LogP contribution in [0.3, 0.4) is 0 Å². The summed E-state index contributed by atoms with van der Waals surface area (Å²) >= 11 is 3.49. The third-order valence-corrected chi connectivity index (χ3v) is 3.83. The van der Waals surface area contributed by atoms with E-state index < -0.39 is 0 Å². The van der Waals surface area contributed by atoms with Gasteiger partial charge in [0.15, 0.2) is 0 Å². The second kappa shape index (κ2) is 3.98. The lowest BCUT2D eigenvalue weighted by atomic mass is 9.58. The van der Waals surface area contributed by atoms with Gasteiger partial charge < -0.3 is 0 Å². The number of nitrogens with zero attached hydrogens (tertiary/aromatic N) is 1. The van der Waals surface area contributed by atoms with E-state index in [4.69, 9.17) is 5.26 Å². The van der Waals surface area contributed by atoms with Crippen LogP contribution in [-0.4, -0.2) is 0 Å². The van der Waals surface area contributed by atoms with Gasteiger partial charge in [0.25, 0.3) is 0 Å². The lowest BCUT2D eigenvalue weighted by Gasteiger charge is -2.45. The maximum Gasteiger partial charge on any atom is 0.0631 e. The normalized spacial score (nSPS) is 29.3. The summed E-state index contributed by atoms with van der Waals surface area (Å²) in [5.41, 5.74) is 1.45. The summed E-state index contributed by atoms with van der Waals surface area (Å²) in [6, 6.07) is 10.7. The number of hydrogen-bond acceptors (Lipinski definition) is 1. The molecule has 0 N–H and O–H groups in total. The van der Waals surface area contributed by atoms with Crippen LogP contribution in [0.4, 0.5) is 0 Å². The van der Waals surface area contributed by atoms with Crippen molar-refractivity contribution in [3.8, 4) is 6.07 Å². The molecule has 1 nitrogen and oxygen atoms in total. The number of halogens is 1. The topological polar surface area (TPSA) is 23.8 Å². The van der Waals surface area contributed by atoms with Crippen LogP contribution in [-0.2, 0) is 5.41 Å². The molecule has 2 rings (SSSR count). The van der Waals surface area contributed by atoms with Crippen LogP contribution >= 0.6 is 15.9 Å². The zero-order valence-electron chi connectivity index (χ0n) is 8.83. The Bertz CT molecular complexity index is 399. The quantitative estimate of drug-likeness (QED) is 0.791. The van der Waals surface area contributed by atoms with Gasteiger partial charge in [0.05, 0.1) is 6.07 Å². The van der Waals surface area contributed by atoms with E-state index in [0.29, 0.717) is 6.42 Å². The predicted octanol–water partition coefficient (Wildman–Crippen LogP) is 4.03. The van der Waals surface area contributed by atoms with Crippen molar-refractivity contribution in [1.29, 1.82) is 5.26 Å². The molecule has 2 heteroatoms. The number of hydrogen-bond donors (Lipinski definition) is 0. The Balaban J connectivity index is 2.31. The van der Waals surface area contributed by atoms with E-state index in [1.54, 1.807) is 0 Å². The largest absolute Gasteiger partial charge is 0.198 e. The molecule has 0 heterocycles. The van der Waals surface area contributed by atoms with E-state index in [1.165, 1.54) is 5.56 Å². The van der Waals surface area contributed by atoms with E-state index in [1.807, 2.05) is 6.07 Å². The van der Waals surface area contributed by atoms with Crippen molar-refractivity contribution < 1.29 is 0 Å². The highest BCUT2D eigenvalue weighted by molar-refractivity contribution is 9.10. The van der Waals surface area contributed by atoms with Gasteiger partial charge in [-0.3, -0.25) is 0 Å². The summed E-state index contributed by atoms with van der Waals surface area (Å²) in [6.45, 7) is 2.26. The van der Waals surface area contributed by atoms with Gasteiger partial charge in [-0.05, 0) is 36.5 Å². The Kier molecular flexibility index (Phi) is 2.84. The first-order chi connectivity index (χ1) is 7.16. The van der Waals surface area contributed by atoms with Gasteiger partial charge in [-0.15, -0.1) is 0 Å². The lowest BCUT2D eigenvalue weighted by Crippen LogP contribution is -2.39. The number of benzene rings is 1. The van der Waals surface area contributed by atoms with Crippen molar-refractivity contribution in [1.82, 2.24) is 0 Å². The van der Waals surface area contributed by atoms with Crippen molar-refractivity contribution in [2.24, 2.45) is 5.92 Å². The Morgan fingerprint density at radius 2 is 2.27 bits per heavy atom. The Morgan fingerprint density at radius 3 is 2.80 bits per heavy atom. The molecule has 1 aliphatic carbocycles. The van der Waals surface area contributed by atoms with Gasteiger partial charge in [-0.25, -0.2) is 0 Å². The fourth-order valence-corrected chi connectivity index (χ4v) is 3.13. The van der Waals surface area contributed by atoms with Crippen molar-refractivity contribution in [2.75, 3.05) is 0 Å². The van der Waals surface area contributed by atoms with E-state index >= 15 is 0 Å². The third-order valence-electron chi connectivity index (χ3n) is 3.33. The van der Waals surface area contributed by atoms with Crippen LogP contribution in [0, 0.1) is 17.2 Å². The molecule has 0 aromatic heterocycles. The molecule has 15 heavy (non-hydrogen) atoms. The summed E-state index contributed by atoms with van der Waals surface area (Å²) in [5.74, 6) is 0.761. The number of nitriles is 1. The van der Waals surface area contributed by atoms with Gasteiger partial charge in [0, 0.05) is 16.3 Å². The lowest BCUT2D eigenvalue weighted by molar-refractivity contribution is 0.161. The minimum absolute atomic E-state index is 0.137. The summed E-state index contributed by atoms with van der Waals surface area (Å²) < 4.78 is 1.11. The fourth-order valence-electron chi connectivity index (χ4n) is 2.73. The standard InChI is InChI=1S/C13H14BrN/c1-10-8-13(9-10,5-6-15)11-3-2-4-12(14)7-11/h2-4,7,10H,5,8-9H2,1H3. The van der Waals surface area contributed by atoms with Crippen LogP contribution in [0.5, 0.6) is 0 Å². The van der Waals surface area contributed by atoms with Crippen LogP contribution in [0.25, 0.3) is 0 Å². The first kappa shape index (κ1) is 10.7. The van der Waals surface area contributed by atoms with Gasteiger partial charge in [-0.1, -0.05) is 35.0 Å². The Morgan fingerprint density at radius 1 is 1.53 bits per heavy atom. The molecular formula is C13H14BrN. The molecule has 0 bridgehead atoms. The van der Waals surface area contributed by atoms with Gasteiger partial charge in [0.1, 0.15) is 0 Å². The highest BCUT2D eigenvalue weighted by Crippen LogP contribution is 2.50. The second-order valence-corrected chi connectivity index (χ2v) is 5.55. The molecule has 1 aromatic carbocycles. The van der Waals surface area contributed by atoms with E-state index in [0.717, 1.165) is 23.2 Å². The molecule has 0 amide bonds. The molecule has 78 valence electrons. The molecule has 0 unspecified atom stereocenters. The molecule has 0 radical (unpaired) electrons. The highest BCUT2D eigenvalue weighted by atomic mass is 79.9. The zero-order chi connectivity index (χ0) is 10.9. The van der Waals surface area contributed by atoms with Crippen molar-refractivity contribution in [3.05, 3.63) is 34.3 Å². The first-order valence-electron chi connectivity index (χ1n) is 5.29. The minimum atomic E-state index is 0.137. The maximum absolute atomic E-state index is 8.92. The molecule has 0 aliphatic heterocycles. The monoisotopic (exact) mass is 263 g/mol. The first-order valence-corrected chi connectivity index (χ1v) is 6.09. The highest BCUT2D eigenvalue weighted by Gasteiger charge is 2.43. The summed E-state index contributed by atoms with van der Waals surface area (Å²) in [5, 5.41) is 8.92. The molecule has 0 saturated heterocycles. The summed E-state index contributed by atoms with van der Waals surface area (Å²) in [7, 11) is 0. The van der Waals surface area contributed by atoms with Crippen LogP contribution in [0.1, 0.15) is 31.7 Å². The third kappa shape index (κ3) is 1.94. The van der Waals surface area contributed by atoms with Crippen molar-refractivity contribution in [2.45, 2.75) is 31.6 Å². The molecule has 1 fully saturated rings. The van der Waals surface area contributed by atoms with Gasteiger partial charge >= 0.3 is 0 Å². The summed E-state index contributed by atoms with van der Waals surface area (Å²) in [6.07, 6.45) is 2.95. The van der Waals surface area contributed by atoms with Gasteiger partial charge in [-0.2, -0.15) is 5.26 Å². The molecular weight excluding hydrogens is 250 g/mol. The molecule has 1 aliphatic rings. The van der Waals surface area contributed by atoms with Crippen molar-refractivity contribution >= 4 is 15.9 Å². The van der Waals surface area contributed by atoms with E-state index in [2.05, 4.69) is 47.1 Å². The van der Waals surface area contributed by atoms with Gasteiger partial charge in [0.2, 0.25) is 0 Å².